The zero-order chi connectivity index (χ0) is 28.3. The third kappa shape index (κ3) is 5.77. The molecule has 0 saturated carbocycles. The lowest BCUT2D eigenvalue weighted by atomic mass is 9.68. The minimum atomic E-state index is -0.971. The molecule has 2 N–H and O–H groups in total. The average Bonchev–Trinajstić information content (AvgIpc) is 2.90. The summed E-state index contributed by atoms with van der Waals surface area (Å²) in [6, 6.07) is 13.3. The first-order chi connectivity index (χ1) is 18.6. The van der Waals surface area contributed by atoms with Gasteiger partial charge in [0.1, 0.15) is 11.7 Å². The van der Waals surface area contributed by atoms with Gasteiger partial charge < -0.3 is 24.3 Å². The van der Waals surface area contributed by atoms with Gasteiger partial charge in [0.15, 0.2) is 23.9 Å². The van der Waals surface area contributed by atoms with Crippen molar-refractivity contribution >= 4 is 29.2 Å². The number of nitrogens with one attached hydrogen (secondary N) is 2. The number of methoxy groups -OCH3 is 2. The van der Waals surface area contributed by atoms with Crippen LogP contribution in [0.1, 0.15) is 48.5 Å². The highest BCUT2D eigenvalue weighted by Gasteiger charge is 2.46. The van der Waals surface area contributed by atoms with Crippen molar-refractivity contribution < 1.29 is 33.3 Å². The molecule has 1 aliphatic heterocycles. The number of nitriles is 1. The highest BCUT2D eigenvalue weighted by Crippen LogP contribution is 2.48. The number of ketones is 1. The van der Waals surface area contributed by atoms with Crippen molar-refractivity contribution in [3.63, 3.8) is 0 Å². The number of nitrogens with zero attached hydrogens (tertiary/aromatic N) is 1. The minimum absolute atomic E-state index is 0.102. The first kappa shape index (κ1) is 27.4. The molecule has 2 aliphatic rings. The van der Waals surface area contributed by atoms with Crippen LogP contribution in [0.5, 0.6) is 11.5 Å². The summed E-state index contributed by atoms with van der Waals surface area (Å²) < 4.78 is 21.5. The Morgan fingerprint density at radius 3 is 2.49 bits per heavy atom. The summed E-state index contributed by atoms with van der Waals surface area (Å²) >= 11 is 0. The van der Waals surface area contributed by atoms with Crippen LogP contribution in [0.4, 0.5) is 5.69 Å². The molecule has 1 aliphatic carbocycles. The molecule has 39 heavy (non-hydrogen) atoms. The van der Waals surface area contributed by atoms with Gasteiger partial charge in [-0.3, -0.25) is 15.0 Å². The van der Waals surface area contributed by atoms with Crippen molar-refractivity contribution in [1.82, 2.24) is 0 Å². The van der Waals surface area contributed by atoms with E-state index in [0.717, 1.165) is 0 Å². The molecular formula is C29H29N3O7. The number of anilines is 1. The lowest BCUT2D eigenvalue weighted by Crippen LogP contribution is -2.38. The first-order valence-corrected chi connectivity index (χ1v) is 12.3. The predicted octanol–water partition coefficient (Wildman–Crippen LogP) is 4.37. The van der Waals surface area contributed by atoms with Gasteiger partial charge in [0.2, 0.25) is 5.90 Å². The van der Waals surface area contributed by atoms with Gasteiger partial charge in [0, 0.05) is 30.0 Å². The fourth-order valence-corrected chi connectivity index (χ4v) is 4.87. The maximum Gasteiger partial charge on any atom is 0.337 e. The number of ether oxygens (including phenoxy) is 4. The summed E-state index contributed by atoms with van der Waals surface area (Å²) in [4.78, 5) is 37.2. The molecule has 2 aromatic carbocycles. The number of benzene rings is 2. The second-order valence-corrected chi connectivity index (χ2v) is 10.1. The number of allylic oxidation sites excluding steroid dienone is 2. The van der Waals surface area contributed by atoms with Gasteiger partial charge in [-0.25, -0.2) is 4.79 Å². The van der Waals surface area contributed by atoms with E-state index >= 15 is 0 Å². The van der Waals surface area contributed by atoms with Crippen LogP contribution in [0.3, 0.4) is 0 Å². The van der Waals surface area contributed by atoms with E-state index < -0.39 is 23.7 Å². The van der Waals surface area contributed by atoms with Crippen LogP contribution in [0, 0.1) is 28.1 Å². The van der Waals surface area contributed by atoms with Crippen molar-refractivity contribution in [3.05, 3.63) is 64.9 Å². The Morgan fingerprint density at radius 2 is 1.85 bits per heavy atom. The van der Waals surface area contributed by atoms with Crippen LogP contribution in [-0.4, -0.2) is 44.4 Å². The number of carbonyl (C=O) groups excluding carboxylic acids is 3. The quantitative estimate of drug-likeness (QED) is 0.501. The van der Waals surface area contributed by atoms with E-state index in [9.17, 15) is 19.6 Å². The number of rotatable bonds is 7. The highest BCUT2D eigenvalue weighted by atomic mass is 16.5. The van der Waals surface area contributed by atoms with Crippen LogP contribution in [0.15, 0.2) is 53.8 Å². The SMILES string of the molecule is COC(=O)c1ccc(NC(=O)COc2ccc(C3C4=C(CC(C)(C)CC4=O)OC(=N)C3C#N)cc2OC)cc1. The van der Waals surface area contributed by atoms with Crippen molar-refractivity contribution in [2.24, 2.45) is 11.3 Å². The number of amides is 1. The summed E-state index contributed by atoms with van der Waals surface area (Å²) in [6.07, 6.45) is 0.806. The predicted molar refractivity (Wildman–Crippen MR) is 141 cm³/mol. The second-order valence-electron chi connectivity index (χ2n) is 10.1. The lowest BCUT2D eigenvalue weighted by Gasteiger charge is -2.39. The summed E-state index contributed by atoms with van der Waals surface area (Å²) in [5.41, 5.74) is 1.56. The van der Waals surface area contributed by atoms with Gasteiger partial charge in [-0.2, -0.15) is 5.26 Å². The Kier molecular flexibility index (Phi) is 7.72. The zero-order valence-electron chi connectivity index (χ0n) is 22.1. The van der Waals surface area contributed by atoms with Crippen LogP contribution in [0.25, 0.3) is 0 Å². The smallest absolute Gasteiger partial charge is 0.337 e. The van der Waals surface area contributed by atoms with E-state index in [-0.39, 0.29) is 23.7 Å². The van der Waals surface area contributed by atoms with E-state index in [2.05, 4.69) is 16.1 Å². The molecule has 0 aromatic heterocycles. The topological polar surface area (TPSA) is 148 Å². The standard InChI is InChI=1S/C29H29N3O7/c1-29(2)12-20(33)26-23(13-29)39-27(31)19(14-30)25(26)17-7-10-21(22(11-17)36-3)38-15-24(34)32-18-8-5-16(6-9-18)28(35)37-4/h5-11,19,25,31H,12-13,15H2,1-4H3,(H,32,34). The van der Waals surface area contributed by atoms with Gasteiger partial charge >= 0.3 is 5.97 Å². The third-order valence-electron chi connectivity index (χ3n) is 6.67. The summed E-state index contributed by atoms with van der Waals surface area (Å²) in [7, 11) is 2.74. The molecule has 2 aromatic rings. The fourth-order valence-electron chi connectivity index (χ4n) is 4.87. The highest BCUT2D eigenvalue weighted by molar-refractivity contribution is 6.02. The van der Waals surface area contributed by atoms with Gasteiger partial charge in [-0.1, -0.05) is 19.9 Å². The maximum absolute atomic E-state index is 13.2. The first-order valence-electron chi connectivity index (χ1n) is 12.3. The van der Waals surface area contributed by atoms with Gasteiger partial charge in [-0.05, 0) is 47.4 Å². The van der Waals surface area contributed by atoms with E-state index in [1.807, 2.05) is 13.8 Å². The van der Waals surface area contributed by atoms with E-state index in [1.54, 1.807) is 30.3 Å². The van der Waals surface area contributed by atoms with E-state index in [1.165, 1.54) is 26.4 Å². The number of esters is 1. The molecule has 2 unspecified atom stereocenters. The molecule has 0 bridgehead atoms. The molecule has 0 radical (unpaired) electrons. The molecule has 1 heterocycles. The lowest BCUT2D eigenvalue weighted by molar-refractivity contribution is -0.119. The molecule has 0 fully saturated rings. The molecule has 0 saturated heterocycles. The fraction of sp³-hybridized carbons (Fsp3) is 0.345. The van der Waals surface area contributed by atoms with Crippen molar-refractivity contribution in [3.8, 4) is 17.6 Å². The molecule has 4 rings (SSSR count). The van der Waals surface area contributed by atoms with Crippen LogP contribution < -0.4 is 14.8 Å². The van der Waals surface area contributed by atoms with Gasteiger partial charge in [0.05, 0.1) is 25.9 Å². The average molecular weight is 532 g/mol. The molecule has 2 atom stereocenters. The van der Waals surface area contributed by atoms with Crippen LogP contribution in [-0.2, 0) is 19.1 Å². The van der Waals surface area contributed by atoms with Crippen molar-refractivity contribution in [2.45, 2.75) is 32.6 Å². The minimum Gasteiger partial charge on any atom is -0.493 e. The largest absolute Gasteiger partial charge is 0.493 e. The number of hydrogen-bond acceptors (Lipinski definition) is 9. The Hall–Kier alpha value is -4.65. The molecule has 0 spiro atoms. The molecular weight excluding hydrogens is 502 g/mol. The van der Waals surface area contributed by atoms with Crippen molar-refractivity contribution in [2.75, 3.05) is 26.1 Å². The van der Waals surface area contributed by atoms with E-state index in [0.29, 0.717) is 52.5 Å². The monoisotopic (exact) mass is 531 g/mol. The van der Waals surface area contributed by atoms with Gasteiger partial charge in [-0.15, -0.1) is 0 Å². The molecule has 10 nitrogen and oxygen atoms in total. The Labute approximate surface area is 226 Å². The number of hydrogen-bond donors (Lipinski definition) is 2. The number of Topliss-reactive ketones (excluding diaryl/α,β-unsaturated/α-hetero) is 1. The van der Waals surface area contributed by atoms with Crippen LogP contribution >= 0.6 is 0 Å². The summed E-state index contributed by atoms with van der Waals surface area (Å²) in [5, 5.41) is 20.8. The van der Waals surface area contributed by atoms with Gasteiger partial charge in [0.25, 0.3) is 5.91 Å². The molecule has 10 heteroatoms. The van der Waals surface area contributed by atoms with Crippen LogP contribution in [0.2, 0.25) is 0 Å². The molecule has 1 amide bonds. The zero-order valence-corrected chi connectivity index (χ0v) is 22.1. The Balaban J connectivity index is 1.53. The molecule has 202 valence electrons. The Bertz CT molecular complexity index is 1400. The second kappa shape index (κ2) is 11.0. The Morgan fingerprint density at radius 1 is 1.13 bits per heavy atom. The van der Waals surface area contributed by atoms with E-state index in [4.69, 9.17) is 19.6 Å². The summed E-state index contributed by atoms with van der Waals surface area (Å²) in [6.45, 7) is 3.62. The maximum atomic E-state index is 13.2. The van der Waals surface area contributed by atoms with Crippen molar-refractivity contribution in [1.29, 1.82) is 10.7 Å². The normalized spacial score (nSPS) is 19.8. The number of carbonyl (C=O) groups is 3. The third-order valence-corrected chi connectivity index (χ3v) is 6.67. The summed E-state index contributed by atoms with van der Waals surface area (Å²) in [5.74, 6) is -1.82.